The first kappa shape index (κ1) is 13.6. The number of benzene rings is 1. The van der Waals surface area contributed by atoms with Crippen LogP contribution in [0, 0.1) is 0 Å². The van der Waals surface area contributed by atoms with Gasteiger partial charge >= 0.3 is 0 Å². The number of thiophene rings is 1. The SMILES string of the molecule is O=C(CCc1ccco1)Nc1ccccc1-c1cccs1. The van der Waals surface area contributed by atoms with E-state index in [4.69, 9.17) is 4.42 Å². The first-order valence-electron chi connectivity index (χ1n) is 6.78. The highest BCUT2D eigenvalue weighted by Gasteiger charge is 2.09. The van der Waals surface area contributed by atoms with Crippen LogP contribution in [0.25, 0.3) is 10.4 Å². The fourth-order valence-electron chi connectivity index (χ4n) is 2.14. The number of rotatable bonds is 5. The van der Waals surface area contributed by atoms with E-state index in [9.17, 15) is 4.79 Å². The molecule has 1 aromatic carbocycles. The minimum atomic E-state index is -0.00425. The van der Waals surface area contributed by atoms with E-state index in [1.54, 1.807) is 17.6 Å². The maximum atomic E-state index is 12.1. The van der Waals surface area contributed by atoms with Crippen LogP contribution < -0.4 is 5.32 Å². The van der Waals surface area contributed by atoms with Gasteiger partial charge in [0, 0.05) is 29.0 Å². The topological polar surface area (TPSA) is 42.2 Å². The molecule has 1 N–H and O–H groups in total. The second-order valence-electron chi connectivity index (χ2n) is 4.65. The Morgan fingerprint density at radius 2 is 2.00 bits per heavy atom. The summed E-state index contributed by atoms with van der Waals surface area (Å²) in [5, 5.41) is 5.02. The van der Waals surface area contributed by atoms with E-state index in [2.05, 4.69) is 11.4 Å². The fourth-order valence-corrected chi connectivity index (χ4v) is 2.91. The molecule has 2 aromatic heterocycles. The number of hydrogen-bond acceptors (Lipinski definition) is 3. The quantitative estimate of drug-likeness (QED) is 0.749. The minimum Gasteiger partial charge on any atom is -0.469 e. The Labute approximate surface area is 127 Å². The van der Waals surface area contributed by atoms with Crippen molar-refractivity contribution >= 4 is 22.9 Å². The Balaban J connectivity index is 1.69. The van der Waals surface area contributed by atoms with Gasteiger partial charge in [0.05, 0.1) is 6.26 Å². The van der Waals surface area contributed by atoms with Crippen molar-refractivity contribution in [3.05, 3.63) is 65.9 Å². The highest BCUT2D eigenvalue weighted by atomic mass is 32.1. The van der Waals surface area contributed by atoms with Crippen LogP contribution in [-0.4, -0.2) is 5.91 Å². The van der Waals surface area contributed by atoms with Crippen molar-refractivity contribution in [2.45, 2.75) is 12.8 Å². The van der Waals surface area contributed by atoms with Crippen molar-refractivity contribution in [1.82, 2.24) is 0 Å². The van der Waals surface area contributed by atoms with Crippen LogP contribution >= 0.6 is 11.3 Å². The number of amides is 1. The van der Waals surface area contributed by atoms with Crippen molar-refractivity contribution < 1.29 is 9.21 Å². The van der Waals surface area contributed by atoms with Crippen LogP contribution in [0.5, 0.6) is 0 Å². The lowest BCUT2D eigenvalue weighted by molar-refractivity contribution is -0.116. The average molecular weight is 297 g/mol. The lowest BCUT2D eigenvalue weighted by Gasteiger charge is -2.09. The third kappa shape index (κ3) is 3.41. The zero-order valence-electron chi connectivity index (χ0n) is 11.4. The van der Waals surface area contributed by atoms with Gasteiger partial charge in [0.15, 0.2) is 0 Å². The van der Waals surface area contributed by atoms with E-state index in [-0.39, 0.29) is 5.91 Å². The molecular weight excluding hydrogens is 282 g/mol. The van der Waals surface area contributed by atoms with Crippen molar-refractivity contribution in [2.75, 3.05) is 5.32 Å². The summed E-state index contributed by atoms with van der Waals surface area (Å²) in [5.74, 6) is 0.826. The molecule has 0 aliphatic rings. The van der Waals surface area contributed by atoms with Crippen LogP contribution in [0.3, 0.4) is 0 Å². The van der Waals surface area contributed by atoms with E-state index < -0.39 is 0 Å². The molecule has 0 saturated heterocycles. The maximum absolute atomic E-state index is 12.1. The van der Waals surface area contributed by atoms with Gasteiger partial charge in [-0.15, -0.1) is 11.3 Å². The van der Waals surface area contributed by atoms with Gasteiger partial charge in [-0.05, 0) is 29.6 Å². The van der Waals surface area contributed by atoms with Gasteiger partial charge in [-0.1, -0.05) is 24.3 Å². The Kier molecular flexibility index (Phi) is 4.17. The largest absolute Gasteiger partial charge is 0.469 e. The molecule has 21 heavy (non-hydrogen) atoms. The Bertz CT molecular complexity index is 702. The van der Waals surface area contributed by atoms with E-state index in [1.807, 2.05) is 47.8 Å². The van der Waals surface area contributed by atoms with Gasteiger partial charge in [0.2, 0.25) is 5.91 Å². The first-order chi connectivity index (χ1) is 10.3. The molecule has 0 aliphatic heterocycles. The normalized spacial score (nSPS) is 10.5. The zero-order chi connectivity index (χ0) is 14.5. The predicted octanol–water partition coefficient (Wildman–Crippen LogP) is 4.58. The van der Waals surface area contributed by atoms with Gasteiger partial charge in [-0.2, -0.15) is 0 Å². The first-order valence-corrected chi connectivity index (χ1v) is 7.66. The number of carbonyl (C=O) groups excluding carboxylic acids is 1. The highest BCUT2D eigenvalue weighted by Crippen LogP contribution is 2.31. The molecule has 106 valence electrons. The number of para-hydroxylation sites is 1. The van der Waals surface area contributed by atoms with Gasteiger partial charge in [-0.3, -0.25) is 4.79 Å². The lowest BCUT2D eigenvalue weighted by Crippen LogP contribution is -2.12. The summed E-state index contributed by atoms with van der Waals surface area (Å²) in [5.41, 5.74) is 1.91. The number of hydrogen-bond donors (Lipinski definition) is 1. The molecule has 3 nitrogen and oxygen atoms in total. The number of aryl methyl sites for hydroxylation is 1. The number of anilines is 1. The van der Waals surface area contributed by atoms with Gasteiger partial charge in [0.1, 0.15) is 5.76 Å². The smallest absolute Gasteiger partial charge is 0.224 e. The molecule has 0 atom stereocenters. The molecule has 0 radical (unpaired) electrons. The molecular formula is C17H15NO2S. The maximum Gasteiger partial charge on any atom is 0.224 e. The number of nitrogens with one attached hydrogen (secondary N) is 1. The molecule has 0 saturated carbocycles. The van der Waals surface area contributed by atoms with Crippen molar-refractivity contribution in [2.24, 2.45) is 0 Å². The summed E-state index contributed by atoms with van der Waals surface area (Å²) in [4.78, 5) is 13.2. The lowest BCUT2D eigenvalue weighted by atomic mass is 10.1. The fraction of sp³-hybridized carbons (Fsp3) is 0.118. The molecule has 3 aromatic rings. The molecule has 0 aliphatic carbocycles. The summed E-state index contributed by atoms with van der Waals surface area (Å²) in [6.45, 7) is 0. The van der Waals surface area contributed by atoms with Crippen LogP contribution in [-0.2, 0) is 11.2 Å². The van der Waals surface area contributed by atoms with Crippen LogP contribution in [0.15, 0.2) is 64.6 Å². The van der Waals surface area contributed by atoms with E-state index in [0.717, 1.165) is 21.9 Å². The third-order valence-electron chi connectivity index (χ3n) is 3.17. The predicted molar refractivity (Wildman–Crippen MR) is 85.4 cm³/mol. The average Bonchev–Trinajstić information content (AvgIpc) is 3.19. The third-order valence-corrected chi connectivity index (χ3v) is 4.07. The summed E-state index contributed by atoms with van der Waals surface area (Å²) in [7, 11) is 0. The number of furan rings is 1. The Morgan fingerprint density at radius 3 is 2.76 bits per heavy atom. The second kappa shape index (κ2) is 6.41. The Hall–Kier alpha value is -2.33. The van der Waals surface area contributed by atoms with Gasteiger partial charge in [0.25, 0.3) is 0 Å². The van der Waals surface area contributed by atoms with Gasteiger partial charge in [-0.25, -0.2) is 0 Å². The molecule has 0 fully saturated rings. The summed E-state index contributed by atoms with van der Waals surface area (Å²) >= 11 is 1.66. The summed E-state index contributed by atoms with van der Waals surface area (Å²) in [6, 6.07) is 15.6. The zero-order valence-corrected chi connectivity index (χ0v) is 12.2. The number of carbonyl (C=O) groups is 1. The Morgan fingerprint density at radius 1 is 1.10 bits per heavy atom. The van der Waals surface area contributed by atoms with Crippen LogP contribution in [0.1, 0.15) is 12.2 Å². The van der Waals surface area contributed by atoms with Crippen LogP contribution in [0.2, 0.25) is 0 Å². The van der Waals surface area contributed by atoms with Crippen molar-refractivity contribution in [3.8, 4) is 10.4 Å². The molecule has 0 bridgehead atoms. The summed E-state index contributed by atoms with van der Waals surface area (Å²) in [6.07, 6.45) is 2.64. The van der Waals surface area contributed by atoms with E-state index in [0.29, 0.717) is 12.8 Å². The molecule has 3 rings (SSSR count). The molecule has 1 amide bonds. The van der Waals surface area contributed by atoms with Gasteiger partial charge < -0.3 is 9.73 Å². The highest BCUT2D eigenvalue weighted by molar-refractivity contribution is 7.13. The standard InChI is InChI=1S/C17H15NO2S/c19-17(10-9-13-5-3-11-20-13)18-15-7-2-1-6-14(15)16-8-4-12-21-16/h1-8,11-12H,9-10H2,(H,18,19). The molecule has 0 spiro atoms. The summed E-state index contributed by atoms with van der Waals surface area (Å²) < 4.78 is 5.24. The molecule has 2 heterocycles. The van der Waals surface area contributed by atoms with E-state index in [1.165, 1.54) is 0 Å². The second-order valence-corrected chi connectivity index (χ2v) is 5.60. The van der Waals surface area contributed by atoms with Crippen molar-refractivity contribution in [1.29, 1.82) is 0 Å². The minimum absolute atomic E-state index is 0.00425. The van der Waals surface area contributed by atoms with E-state index >= 15 is 0 Å². The molecule has 4 heteroatoms. The van der Waals surface area contributed by atoms with Crippen molar-refractivity contribution in [3.63, 3.8) is 0 Å². The van der Waals surface area contributed by atoms with Crippen LogP contribution in [0.4, 0.5) is 5.69 Å². The monoisotopic (exact) mass is 297 g/mol. The molecule has 0 unspecified atom stereocenters.